The lowest BCUT2D eigenvalue weighted by Crippen LogP contribution is -2.31. The molecule has 2 atom stereocenters. The molecule has 276 valence electrons. The maximum absolute atomic E-state index is 6.72. The molecule has 3 nitrogen and oxygen atoms in total. The van der Waals surface area contributed by atoms with E-state index in [-0.39, 0.29) is 11.2 Å². The van der Waals surface area contributed by atoms with E-state index >= 15 is 0 Å². The molecule has 0 bridgehead atoms. The second kappa shape index (κ2) is 16.2. The van der Waals surface area contributed by atoms with Crippen molar-refractivity contribution in [3.05, 3.63) is 163 Å². The lowest BCUT2D eigenvalue weighted by molar-refractivity contribution is 0.110. The number of hydrogen-bond acceptors (Lipinski definition) is 3. The zero-order chi connectivity index (χ0) is 37.6. The van der Waals surface area contributed by atoms with E-state index in [9.17, 15) is 0 Å². The van der Waals surface area contributed by atoms with E-state index in [1.807, 2.05) is 0 Å². The maximum Gasteiger partial charge on any atom is 0.120 e. The highest BCUT2D eigenvalue weighted by molar-refractivity contribution is 8.17. The fourth-order valence-corrected chi connectivity index (χ4v) is 11.0. The van der Waals surface area contributed by atoms with Crippen molar-refractivity contribution in [3.63, 3.8) is 0 Å². The van der Waals surface area contributed by atoms with Gasteiger partial charge in [0.2, 0.25) is 0 Å². The van der Waals surface area contributed by atoms with E-state index in [1.165, 1.54) is 34.9 Å². The third-order valence-corrected chi connectivity index (χ3v) is 13.2. The minimum Gasteiger partial charge on any atom is -0.488 e. The molecule has 0 N–H and O–H groups in total. The zero-order valence-corrected chi connectivity index (χ0v) is 34.1. The molecule has 2 unspecified atom stereocenters. The summed E-state index contributed by atoms with van der Waals surface area (Å²) in [6.07, 6.45) is 0.776. The smallest absolute Gasteiger partial charge is 0.120 e. The molecule has 0 aliphatic carbocycles. The minimum atomic E-state index is -0.756. The molecule has 53 heavy (non-hydrogen) atoms. The van der Waals surface area contributed by atoms with Crippen molar-refractivity contribution in [3.8, 4) is 17.2 Å². The zero-order valence-electron chi connectivity index (χ0n) is 32.3. The Balaban J connectivity index is 1.21. The van der Waals surface area contributed by atoms with E-state index in [4.69, 9.17) is 14.2 Å². The summed E-state index contributed by atoms with van der Waals surface area (Å²) in [6.45, 7) is 16.8. The normalized spacial score (nSPS) is 13.9. The maximum atomic E-state index is 6.72. The second-order valence-electron chi connectivity index (χ2n) is 16.0. The van der Waals surface area contributed by atoms with Crippen LogP contribution in [0.3, 0.4) is 0 Å². The standard InChI is InChI=1S/C48H54O3S2/c1-46(2,3)49-37-22-28-42(29-23-37)52(40-17-11-9-12-18-40)43-32-26-39(27-33-43)51-48(7,8)35-36-16-15-21-45(34-36)53(41-19-13-10-14-20-41)44-30-24-38(25-31-44)50-47(4,5)6/h9-34,52-53H,35H2,1-8H3. The number of benzene rings is 6. The van der Waals surface area contributed by atoms with Crippen LogP contribution in [0.2, 0.25) is 0 Å². The van der Waals surface area contributed by atoms with Gasteiger partial charge in [-0.05, 0) is 200 Å². The van der Waals surface area contributed by atoms with Crippen LogP contribution in [0.25, 0.3) is 0 Å². The Bertz CT molecular complexity index is 2040. The molecule has 5 heteroatoms. The van der Waals surface area contributed by atoms with Crippen LogP contribution >= 0.6 is 21.8 Å². The molecule has 0 fully saturated rings. The molecule has 0 aromatic heterocycles. The molecule has 0 amide bonds. The summed E-state index contributed by atoms with van der Waals surface area (Å²) in [6, 6.07) is 56.7. The molecule has 0 heterocycles. The highest BCUT2D eigenvalue weighted by atomic mass is 32.2. The van der Waals surface area contributed by atoms with Crippen LogP contribution in [-0.2, 0) is 6.42 Å². The van der Waals surface area contributed by atoms with E-state index in [0.717, 1.165) is 23.7 Å². The van der Waals surface area contributed by atoms with Crippen LogP contribution in [0.5, 0.6) is 17.2 Å². The van der Waals surface area contributed by atoms with Crippen molar-refractivity contribution in [2.24, 2.45) is 0 Å². The van der Waals surface area contributed by atoms with Crippen molar-refractivity contribution in [2.75, 3.05) is 0 Å². The van der Waals surface area contributed by atoms with Crippen LogP contribution in [0, 0.1) is 0 Å². The van der Waals surface area contributed by atoms with Crippen LogP contribution < -0.4 is 14.2 Å². The number of hydrogen-bond donors (Lipinski definition) is 2. The monoisotopic (exact) mass is 742 g/mol. The first-order chi connectivity index (χ1) is 25.2. The van der Waals surface area contributed by atoms with Gasteiger partial charge in [-0.2, -0.15) is 21.8 Å². The first-order valence-corrected chi connectivity index (χ1v) is 21.1. The topological polar surface area (TPSA) is 27.7 Å². The van der Waals surface area contributed by atoms with Gasteiger partial charge >= 0.3 is 0 Å². The van der Waals surface area contributed by atoms with E-state index in [0.29, 0.717) is 0 Å². The van der Waals surface area contributed by atoms with Gasteiger partial charge < -0.3 is 14.2 Å². The van der Waals surface area contributed by atoms with Gasteiger partial charge in [0.25, 0.3) is 0 Å². The quantitative estimate of drug-likeness (QED) is 0.122. The predicted octanol–water partition coefficient (Wildman–Crippen LogP) is 13.4. The van der Waals surface area contributed by atoms with E-state index in [2.05, 4.69) is 213 Å². The summed E-state index contributed by atoms with van der Waals surface area (Å²) >= 11 is 0. The summed E-state index contributed by atoms with van der Waals surface area (Å²) in [5, 5.41) is 0. The highest BCUT2D eigenvalue weighted by Gasteiger charge is 2.23. The van der Waals surface area contributed by atoms with E-state index < -0.39 is 27.4 Å². The Morgan fingerprint density at radius 3 is 1.09 bits per heavy atom. The van der Waals surface area contributed by atoms with Gasteiger partial charge in [0.05, 0.1) is 0 Å². The average Bonchev–Trinajstić information content (AvgIpc) is 3.10. The molecular weight excluding hydrogens is 689 g/mol. The van der Waals surface area contributed by atoms with Crippen molar-refractivity contribution >= 4 is 21.8 Å². The summed E-state index contributed by atoms with van der Waals surface area (Å²) in [5.41, 5.74) is 0.358. The van der Waals surface area contributed by atoms with Crippen molar-refractivity contribution < 1.29 is 14.2 Å². The van der Waals surface area contributed by atoms with Crippen molar-refractivity contribution in [1.82, 2.24) is 0 Å². The van der Waals surface area contributed by atoms with Gasteiger partial charge in [-0.25, -0.2) is 0 Å². The molecule has 6 aromatic carbocycles. The third kappa shape index (κ3) is 10.7. The van der Waals surface area contributed by atoms with Crippen LogP contribution in [0.4, 0.5) is 0 Å². The summed E-state index contributed by atoms with van der Waals surface area (Å²) in [5.74, 6) is 2.65. The highest BCUT2D eigenvalue weighted by Crippen LogP contribution is 2.53. The number of thiol groups is 2. The Morgan fingerprint density at radius 2 is 0.698 bits per heavy atom. The third-order valence-electron chi connectivity index (χ3n) is 8.35. The first-order valence-electron chi connectivity index (χ1n) is 18.4. The summed E-state index contributed by atoms with van der Waals surface area (Å²) in [4.78, 5) is 7.81. The summed E-state index contributed by atoms with van der Waals surface area (Å²) < 4.78 is 19.0. The van der Waals surface area contributed by atoms with Gasteiger partial charge in [0, 0.05) is 6.42 Å². The van der Waals surface area contributed by atoms with Crippen LogP contribution in [0.1, 0.15) is 61.0 Å². The molecule has 0 aliphatic heterocycles. The largest absolute Gasteiger partial charge is 0.488 e. The molecule has 6 rings (SSSR count). The van der Waals surface area contributed by atoms with Gasteiger partial charge in [0.1, 0.15) is 34.1 Å². The predicted molar refractivity (Wildman–Crippen MR) is 225 cm³/mol. The van der Waals surface area contributed by atoms with Crippen molar-refractivity contribution in [1.29, 1.82) is 0 Å². The Morgan fingerprint density at radius 1 is 0.358 bits per heavy atom. The molecular formula is C48H54O3S2. The average molecular weight is 743 g/mol. The van der Waals surface area contributed by atoms with Gasteiger partial charge in [-0.15, -0.1) is 0 Å². The lowest BCUT2D eigenvalue weighted by atomic mass is 9.98. The number of ether oxygens (including phenoxy) is 3. The van der Waals surface area contributed by atoms with Gasteiger partial charge in [-0.1, -0.05) is 48.5 Å². The Hall–Kier alpha value is -4.58. The molecule has 0 saturated heterocycles. The molecule has 0 radical (unpaired) electrons. The minimum absolute atomic E-state index is 0.238. The second-order valence-corrected chi connectivity index (χ2v) is 20.4. The number of rotatable bonds is 12. The Kier molecular flexibility index (Phi) is 11.7. The first kappa shape index (κ1) is 38.2. The van der Waals surface area contributed by atoms with Gasteiger partial charge in [0.15, 0.2) is 0 Å². The van der Waals surface area contributed by atoms with Crippen molar-refractivity contribution in [2.45, 2.75) is 108 Å². The fraction of sp³-hybridized carbons (Fsp3) is 0.250. The SMILES string of the molecule is CC(C)(C)Oc1ccc([SH](c2ccccc2)c2ccc(OC(C)(C)Cc3cccc([SH](c4ccccc4)c4ccc(OC(C)(C)C)cc4)c3)cc2)cc1. The lowest BCUT2D eigenvalue weighted by Gasteiger charge is -2.29. The molecule has 0 aliphatic rings. The molecule has 6 aromatic rings. The Labute approximate surface area is 323 Å². The molecule has 0 saturated carbocycles. The molecule has 0 spiro atoms. The van der Waals surface area contributed by atoms with Gasteiger partial charge in [-0.3, -0.25) is 0 Å². The van der Waals surface area contributed by atoms with Crippen LogP contribution in [-0.4, -0.2) is 16.8 Å². The summed E-state index contributed by atoms with van der Waals surface area (Å²) in [7, 11) is -1.51. The van der Waals surface area contributed by atoms with E-state index in [1.54, 1.807) is 0 Å². The van der Waals surface area contributed by atoms with Crippen LogP contribution in [0.15, 0.2) is 187 Å². The fourth-order valence-electron chi connectivity index (χ4n) is 6.40.